The van der Waals surface area contributed by atoms with Crippen molar-refractivity contribution in [3.8, 4) is 5.82 Å². The number of para-hydroxylation sites is 1. The molecule has 0 unspecified atom stereocenters. The van der Waals surface area contributed by atoms with E-state index < -0.39 is 12.5 Å². The van der Waals surface area contributed by atoms with Crippen LogP contribution in [0.2, 0.25) is 0 Å². The lowest BCUT2D eigenvalue weighted by molar-refractivity contribution is 0.122. The smallest absolute Gasteiger partial charge is 0.404 e. The molecule has 3 aromatic rings. The third-order valence-corrected chi connectivity index (χ3v) is 7.09. The van der Waals surface area contributed by atoms with Crippen LogP contribution in [0.1, 0.15) is 43.5 Å². The number of aromatic nitrogens is 4. The molecule has 2 aliphatic rings. The number of fused-ring (bicyclic) bond motifs is 1. The number of carboxylic acid groups (broad SMARTS) is 1. The predicted octanol–water partition coefficient (Wildman–Crippen LogP) is 4.14. The predicted molar refractivity (Wildman–Crippen MR) is 135 cm³/mol. The molecule has 1 saturated heterocycles. The van der Waals surface area contributed by atoms with Gasteiger partial charge < -0.3 is 25.4 Å². The van der Waals surface area contributed by atoms with Crippen LogP contribution in [0.15, 0.2) is 24.3 Å². The van der Waals surface area contributed by atoms with Crippen molar-refractivity contribution < 1.29 is 23.4 Å². The molecule has 0 bridgehead atoms. The lowest BCUT2D eigenvalue weighted by Gasteiger charge is -2.29. The number of hydrogen-bond donors (Lipinski definition) is 3. The van der Waals surface area contributed by atoms with Gasteiger partial charge in [0.05, 0.1) is 24.2 Å². The van der Waals surface area contributed by atoms with E-state index in [1.165, 1.54) is 4.57 Å². The molecule has 0 spiro atoms. The van der Waals surface area contributed by atoms with Crippen LogP contribution in [0.3, 0.4) is 0 Å². The minimum atomic E-state index is -2.78. The van der Waals surface area contributed by atoms with Crippen molar-refractivity contribution in [2.24, 2.45) is 5.92 Å². The summed E-state index contributed by atoms with van der Waals surface area (Å²) in [5.41, 5.74) is 1.91. The summed E-state index contributed by atoms with van der Waals surface area (Å²) in [4.78, 5) is 26.6. The van der Waals surface area contributed by atoms with Crippen LogP contribution in [0.25, 0.3) is 16.9 Å². The normalized spacial score (nSPS) is 20.4. The Balaban J connectivity index is 1.46. The second kappa shape index (κ2) is 10.8. The van der Waals surface area contributed by atoms with Crippen LogP contribution >= 0.6 is 0 Å². The molecule has 2 aromatic heterocycles. The summed E-state index contributed by atoms with van der Waals surface area (Å²) in [6.45, 7) is 4.88. The molecule has 1 aliphatic carbocycles. The van der Waals surface area contributed by atoms with Crippen LogP contribution < -0.4 is 15.5 Å². The lowest BCUT2D eigenvalue weighted by Crippen LogP contribution is -2.38. The van der Waals surface area contributed by atoms with E-state index in [1.54, 1.807) is 18.2 Å². The van der Waals surface area contributed by atoms with Gasteiger partial charge in [-0.25, -0.2) is 18.6 Å². The number of anilines is 2. The summed E-state index contributed by atoms with van der Waals surface area (Å²) < 4.78 is 35.2. The van der Waals surface area contributed by atoms with E-state index in [0.29, 0.717) is 67.4 Å². The van der Waals surface area contributed by atoms with Crippen LogP contribution in [0, 0.1) is 12.8 Å². The first-order valence-corrected chi connectivity index (χ1v) is 12.6. The van der Waals surface area contributed by atoms with E-state index in [1.807, 2.05) is 13.0 Å². The van der Waals surface area contributed by atoms with Crippen molar-refractivity contribution in [3.05, 3.63) is 35.7 Å². The Morgan fingerprint density at radius 2 is 1.86 bits per heavy atom. The monoisotopic (exact) mass is 515 g/mol. The zero-order valence-electron chi connectivity index (χ0n) is 20.7. The maximum absolute atomic E-state index is 14.1. The average Bonchev–Trinajstić information content (AvgIpc) is 3.30. The molecule has 1 aliphatic heterocycles. The first-order chi connectivity index (χ1) is 17.9. The van der Waals surface area contributed by atoms with E-state index in [0.717, 1.165) is 31.2 Å². The zero-order valence-corrected chi connectivity index (χ0v) is 20.7. The molecule has 2 fully saturated rings. The van der Waals surface area contributed by atoms with E-state index >= 15 is 0 Å². The number of ether oxygens (including phenoxy) is 1. The number of rotatable bonds is 7. The highest BCUT2D eigenvalue weighted by Crippen LogP contribution is 2.31. The third-order valence-electron chi connectivity index (χ3n) is 7.09. The molecule has 1 saturated carbocycles. The molecule has 37 heavy (non-hydrogen) atoms. The zero-order chi connectivity index (χ0) is 25.9. The molecule has 10 nitrogen and oxygen atoms in total. The minimum Gasteiger partial charge on any atom is -0.465 e. The Morgan fingerprint density at radius 3 is 2.57 bits per heavy atom. The molecule has 0 radical (unpaired) electrons. The Kier molecular flexibility index (Phi) is 7.36. The highest BCUT2D eigenvalue weighted by Gasteiger charge is 2.25. The van der Waals surface area contributed by atoms with Gasteiger partial charge in [0.2, 0.25) is 5.95 Å². The SMILES string of the molecule is Cc1cccc2nc(C(F)F)n(-c3cc(N4CCOCC4)nc(NCC4CCC(NC(=O)O)CC4)n3)c12. The molecular formula is C25H31F2N7O3. The van der Waals surface area contributed by atoms with Crippen molar-refractivity contribution in [1.29, 1.82) is 0 Å². The van der Waals surface area contributed by atoms with Gasteiger partial charge in [0.25, 0.3) is 6.43 Å². The van der Waals surface area contributed by atoms with Gasteiger partial charge >= 0.3 is 6.09 Å². The van der Waals surface area contributed by atoms with E-state index in [9.17, 15) is 13.6 Å². The quantitative estimate of drug-likeness (QED) is 0.430. The van der Waals surface area contributed by atoms with E-state index in [-0.39, 0.29) is 11.9 Å². The van der Waals surface area contributed by atoms with Gasteiger partial charge in [-0.3, -0.25) is 4.57 Å². The van der Waals surface area contributed by atoms with Gasteiger partial charge in [0.1, 0.15) is 11.6 Å². The Labute approximate surface area is 213 Å². The van der Waals surface area contributed by atoms with Gasteiger partial charge in [-0.05, 0) is 50.2 Å². The molecule has 5 rings (SSSR count). The number of amides is 1. The fourth-order valence-electron chi connectivity index (χ4n) is 5.18. The number of hydrogen-bond acceptors (Lipinski definition) is 7. The maximum atomic E-state index is 14.1. The number of imidazole rings is 1. The molecule has 12 heteroatoms. The summed E-state index contributed by atoms with van der Waals surface area (Å²) in [7, 11) is 0. The fraction of sp³-hybridized carbons (Fsp3) is 0.520. The number of alkyl halides is 2. The third kappa shape index (κ3) is 5.58. The number of morpholine rings is 1. The molecular weight excluding hydrogens is 484 g/mol. The van der Waals surface area contributed by atoms with Crippen molar-refractivity contribution in [1.82, 2.24) is 24.8 Å². The standard InChI is InChI=1S/C25H31F2N7O3/c1-15-3-2-4-18-21(15)34(23(30-18)22(26)27)20-13-19(33-9-11-37-12-10-33)31-24(32-20)28-14-16-5-7-17(8-6-16)29-25(35)36/h2-4,13,16-17,22,29H,5-12,14H2,1H3,(H,35,36)(H,28,31,32). The number of aryl methyl sites for hydroxylation is 1. The first-order valence-electron chi connectivity index (χ1n) is 12.6. The van der Waals surface area contributed by atoms with E-state index in [2.05, 4.69) is 25.5 Å². The maximum Gasteiger partial charge on any atom is 0.404 e. The number of nitrogens with one attached hydrogen (secondary N) is 2. The molecule has 3 heterocycles. The largest absolute Gasteiger partial charge is 0.465 e. The average molecular weight is 516 g/mol. The van der Waals surface area contributed by atoms with Crippen LogP contribution in [-0.2, 0) is 4.74 Å². The van der Waals surface area contributed by atoms with E-state index in [4.69, 9.17) is 14.8 Å². The number of carbonyl (C=O) groups is 1. The molecule has 0 atom stereocenters. The van der Waals surface area contributed by atoms with Crippen LogP contribution in [-0.4, -0.2) is 69.6 Å². The highest BCUT2D eigenvalue weighted by atomic mass is 19.3. The van der Waals surface area contributed by atoms with Gasteiger partial charge in [-0.2, -0.15) is 9.97 Å². The van der Waals surface area contributed by atoms with Crippen molar-refractivity contribution in [3.63, 3.8) is 0 Å². The van der Waals surface area contributed by atoms with Crippen LogP contribution in [0.4, 0.5) is 25.3 Å². The fourth-order valence-corrected chi connectivity index (χ4v) is 5.18. The highest BCUT2D eigenvalue weighted by molar-refractivity contribution is 5.81. The Hall–Kier alpha value is -3.54. The number of nitrogens with zero attached hydrogens (tertiary/aromatic N) is 5. The summed E-state index contributed by atoms with van der Waals surface area (Å²) in [6.07, 6.45) is -0.482. The number of halogens is 2. The first kappa shape index (κ1) is 25.1. The second-order valence-electron chi connectivity index (χ2n) is 9.60. The van der Waals surface area contributed by atoms with Crippen molar-refractivity contribution in [2.45, 2.75) is 45.1 Å². The molecule has 3 N–H and O–H groups in total. The summed E-state index contributed by atoms with van der Waals surface area (Å²) >= 11 is 0. The summed E-state index contributed by atoms with van der Waals surface area (Å²) in [6, 6.07) is 7.11. The second-order valence-corrected chi connectivity index (χ2v) is 9.60. The van der Waals surface area contributed by atoms with Crippen LogP contribution in [0.5, 0.6) is 0 Å². The lowest BCUT2D eigenvalue weighted by atomic mass is 9.86. The van der Waals surface area contributed by atoms with Crippen molar-refractivity contribution >= 4 is 28.9 Å². The Morgan fingerprint density at radius 1 is 1.14 bits per heavy atom. The molecule has 1 amide bonds. The van der Waals surface area contributed by atoms with Gasteiger partial charge in [0, 0.05) is 31.7 Å². The summed E-state index contributed by atoms with van der Waals surface area (Å²) in [5, 5.41) is 14.8. The summed E-state index contributed by atoms with van der Waals surface area (Å²) in [5.74, 6) is 1.31. The van der Waals surface area contributed by atoms with Gasteiger partial charge in [-0.15, -0.1) is 0 Å². The van der Waals surface area contributed by atoms with Gasteiger partial charge in [0.15, 0.2) is 5.82 Å². The Bertz CT molecular complexity index is 1250. The molecule has 198 valence electrons. The number of benzene rings is 1. The minimum absolute atomic E-state index is 0.0215. The van der Waals surface area contributed by atoms with Crippen molar-refractivity contribution in [2.75, 3.05) is 43.1 Å². The molecule has 1 aromatic carbocycles. The topological polar surface area (TPSA) is 117 Å². The van der Waals surface area contributed by atoms with Gasteiger partial charge in [-0.1, -0.05) is 12.1 Å².